The first-order chi connectivity index (χ1) is 9.81. The van der Waals surface area contributed by atoms with E-state index in [-0.39, 0.29) is 0 Å². The molecule has 2 heterocycles. The van der Waals surface area contributed by atoms with Crippen LogP contribution in [0.3, 0.4) is 0 Å². The summed E-state index contributed by atoms with van der Waals surface area (Å²) < 4.78 is 7.84. The molecular weight excluding hydrogens is 338 g/mol. The van der Waals surface area contributed by atoms with Crippen molar-refractivity contribution in [3.05, 3.63) is 45.1 Å². The van der Waals surface area contributed by atoms with Gasteiger partial charge in [-0.2, -0.15) is 0 Å². The van der Waals surface area contributed by atoms with Crippen LogP contribution in [-0.2, 0) is 7.05 Å². The number of hydrogen-bond donors (Lipinski definition) is 2. The minimum Gasteiger partial charge on any atom is -0.466 e. The van der Waals surface area contributed by atoms with Gasteiger partial charge in [-0.15, -0.1) is 0 Å². The van der Waals surface area contributed by atoms with E-state index in [1.54, 1.807) is 44.6 Å². The van der Waals surface area contributed by atoms with Gasteiger partial charge in [-0.05, 0) is 42.8 Å². The average molecular weight is 354 g/mol. The zero-order valence-electron chi connectivity index (χ0n) is 12.2. The quantitative estimate of drug-likeness (QED) is 0.813. The first-order valence-electron chi connectivity index (χ1n) is 6.30. The molecule has 6 nitrogen and oxygen atoms in total. The summed E-state index contributed by atoms with van der Waals surface area (Å²) in [5.41, 5.74) is 6.43. The fourth-order valence-corrected chi connectivity index (χ4v) is 2.64. The molecule has 21 heavy (non-hydrogen) atoms. The number of nitrogens with zero attached hydrogens (tertiary/aromatic N) is 1. The lowest BCUT2D eigenvalue weighted by Crippen LogP contribution is -2.42. The van der Waals surface area contributed by atoms with Gasteiger partial charge in [-0.3, -0.25) is 20.4 Å². The minimum absolute atomic E-state index is 0.396. The Balaban J connectivity index is 2.08. The van der Waals surface area contributed by atoms with E-state index < -0.39 is 11.8 Å². The lowest BCUT2D eigenvalue weighted by Gasteiger charge is -2.08. The number of aryl methyl sites for hydroxylation is 3. The van der Waals surface area contributed by atoms with Crippen LogP contribution in [0, 0.1) is 20.8 Å². The fraction of sp³-hybridized carbons (Fsp3) is 0.286. The number of carbonyl (C=O) groups excluding carboxylic acids is 2. The number of hydrazine groups is 1. The standard InChI is InChI=1S/C14H16BrN3O3/c1-7-8(2)21-9(3)12(7)14(20)17-16-13(19)11-5-10(15)6-18(11)4/h5-6H,1-4H3,(H,16,19)(H,17,20). The highest BCUT2D eigenvalue weighted by Gasteiger charge is 2.19. The van der Waals surface area contributed by atoms with Crippen molar-refractivity contribution < 1.29 is 14.0 Å². The molecule has 2 N–H and O–H groups in total. The van der Waals surface area contributed by atoms with Crippen LogP contribution < -0.4 is 10.9 Å². The second-order valence-electron chi connectivity index (χ2n) is 4.78. The van der Waals surface area contributed by atoms with Crippen LogP contribution >= 0.6 is 15.9 Å². The summed E-state index contributed by atoms with van der Waals surface area (Å²) in [6.07, 6.45) is 1.75. The molecule has 0 unspecified atom stereocenters. The first kappa shape index (κ1) is 15.4. The largest absolute Gasteiger partial charge is 0.466 e. The van der Waals surface area contributed by atoms with Crippen molar-refractivity contribution >= 4 is 27.7 Å². The zero-order valence-corrected chi connectivity index (χ0v) is 13.8. The lowest BCUT2D eigenvalue weighted by molar-refractivity contribution is 0.0841. The van der Waals surface area contributed by atoms with Gasteiger partial charge in [-0.1, -0.05) is 0 Å². The van der Waals surface area contributed by atoms with Gasteiger partial charge in [-0.25, -0.2) is 0 Å². The van der Waals surface area contributed by atoms with Gasteiger partial charge in [0.2, 0.25) is 0 Å². The Morgan fingerprint density at radius 1 is 1.14 bits per heavy atom. The Morgan fingerprint density at radius 3 is 2.24 bits per heavy atom. The molecule has 0 saturated carbocycles. The summed E-state index contributed by atoms with van der Waals surface area (Å²) in [7, 11) is 1.75. The fourth-order valence-electron chi connectivity index (χ4n) is 2.12. The van der Waals surface area contributed by atoms with Crippen LogP contribution in [-0.4, -0.2) is 16.4 Å². The molecule has 0 aliphatic carbocycles. The van der Waals surface area contributed by atoms with Crippen LogP contribution in [0.2, 0.25) is 0 Å². The van der Waals surface area contributed by atoms with Gasteiger partial charge in [0.1, 0.15) is 17.2 Å². The normalized spacial score (nSPS) is 10.5. The molecule has 2 aromatic rings. The maximum atomic E-state index is 12.1. The summed E-state index contributed by atoms with van der Waals surface area (Å²) in [6, 6.07) is 1.67. The van der Waals surface area contributed by atoms with Crippen LogP contribution in [0.25, 0.3) is 0 Å². The summed E-state index contributed by atoms with van der Waals surface area (Å²) in [5.74, 6) is 0.421. The van der Waals surface area contributed by atoms with Crippen molar-refractivity contribution in [2.75, 3.05) is 0 Å². The molecule has 2 rings (SSSR count). The minimum atomic E-state index is -0.400. The summed E-state index contributed by atoms with van der Waals surface area (Å²) in [6.45, 7) is 5.31. The lowest BCUT2D eigenvalue weighted by atomic mass is 10.1. The molecule has 0 atom stereocenters. The Labute approximate surface area is 130 Å². The van der Waals surface area contributed by atoms with E-state index in [1.165, 1.54) is 0 Å². The number of nitrogens with one attached hydrogen (secondary N) is 2. The maximum absolute atomic E-state index is 12.1. The monoisotopic (exact) mass is 353 g/mol. The van der Waals surface area contributed by atoms with Crippen molar-refractivity contribution in [3.63, 3.8) is 0 Å². The smallest absolute Gasteiger partial charge is 0.286 e. The molecule has 0 spiro atoms. The van der Waals surface area contributed by atoms with Crippen LogP contribution in [0.1, 0.15) is 37.9 Å². The Kier molecular flexibility index (Phi) is 4.22. The van der Waals surface area contributed by atoms with Crippen LogP contribution in [0.5, 0.6) is 0 Å². The van der Waals surface area contributed by atoms with Gasteiger partial charge >= 0.3 is 0 Å². The zero-order chi connectivity index (χ0) is 15.7. The van der Waals surface area contributed by atoms with Crippen molar-refractivity contribution in [1.29, 1.82) is 0 Å². The molecule has 0 saturated heterocycles. The van der Waals surface area contributed by atoms with E-state index in [4.69, 9.17) is 4.42 Å². The molecule has 7 heteroatoms. The molecule has 0 bridgehead atoms. The average Bonchev–Trinajstić information content (AvgIpc) is 2.86. The summed E-state index contributed by atoms with van der Waals surface area (Å²) in [4.78, 5) is 24.1. The van der Waals surface area contributed by atoms with Gasteiger partial charge in [0, 0.05) is 23.3 Å². The molecular formula is C14H16BrN3O3. The van der Waals surface area contributed by atoms with Crippen LogP contribution in [0.15, 0.2) is 21.2 Å². The third-order valence-corrected chi connectivity index (χ3v) is 3.72. The summed E-state index contributed by atoms with van der Waals surface area (Å²) in [5, 5.41) is 0. The highest BCUT2D eigenvalue weighted by atomic mass is 79.9. The van der Waals surface area contributed by atoms with Crippen molar-refractivity contribution in [2.45, 2.75) is 20.8 Å². The van der Waals surface area contributed by atoms with E-state index in [1.807, 2.05) is 0 Å². The molecule has 0 radical (unpaired) electrons. The molecule has 2 aromatic heterocycles. The predicted molar refractivity (Wildman–Crippen MR) is 81.0 cm³/mol. The topological polar surface area (TPSA) is 76.3 Å². The number of carbonyl (C=O) groups is 2. The molecule has 0 fully saturated rings. The highest BCUT2D eigenvalue weighted by molar-refractivity contribution is 9.10. The van der Waals surface area contributed by atoms with E-state index >= 15 is 0 Å². The Hall–Kier alpha value is -2.02. The van der Waals surface area contributed by atoms with Gasteiger partial charge in [0.25, 0.3) is 11.8 Å². The molecule has 0 aliphatic heterocycles. The molecule has 0 aromatic carbocycles. The predicted octanol–water partition coefficient (Wildman–Crippen LogP) is 2.38. The SMILES string of the molecule is Cc1oc(C)c(C(=O)NNC(=O)c2cc(Br)cn2C)c1C. The second-order valence-corrected chi connectivity index (χ2v) is 5.69. The van der Waals surface area contributed by atoms with E-state index in [2.05, 4.69) is 26.8 Å². The van der Waals surface area contributed by atoms with Crippen molar-refractivity contribution in [1.82, 2.24) is 15.4 Å². The second kappa shape index (κ2) is 5.77. The van der Waals surface area contributed by atoms with E-state index in [9.17, 15) is 9.59 Å². The third kappa shape index (κ3) is 3.02. The summed E-state index contributed by atoms with van der Waals surface area (Å²) >= 11 is 3.29. The number of aromatic nitrogens is 1. The van der Waals surface area contributed by atoms with Crippen molar-refractivity contribution in [3.8, 4) is 0 Å². The number of rotatable bonds is 2. The van der Waals surface area contributed by atoms with E-state index in [0.29, 0.717) is 22.8 Å². The van der Waals surface area contributed by atoms with Crippen molar-refractivity contribution in [2.24, 2.45) is 7.05 Å². The number of furan rings is 1. The van der Waals surface area contributed by atoms with E-state index in [0.717, 1.165) is 10.0 Å². The van der Waals surface area contributed by atoms with Crippen LogP contribution in [0.4, 0.5) is 0 Å². The first-order valence-corrected chi connectivity index (χ1v) is 7.09. The third-order valence-electron chi connectivity index (χ3n) is 3.28. The molecule has 2 amide bonds. The molecule has 112 valence electrons. The van der Waals surface area contributed by atoms with Gasteiger partial charge in [0.05, 0.1) is 5.56 Å². The Morgan fingerprint density at radius 2 is 1.76 bits per heavy atom. The maximum Gasteiger partial charge on any atom is 0.286 e. The molecule has 0 aliphatic rings. The Bertz CT molecular complexity index is 715. The number of amides is 2. The number of hydrogen-bond acceptors (Lipinski definition) is 3. The number of halogens is 1. The van der Waals surface area contributed by atoms with Gasteiger partial charge in [0.15, 0.2) is 0 Å². The van der Waals surface area contributed by atoms with Gasteiger partial charge < -0.3 is 8.98 Å². The highest BCUT2D eigenvalue weighted by Crippen LogP contribution is 2.20.